The Hall–Kier alpha value is -0.670. The van der Waals surface area contributed by atoms with E-state index in [9.17, 15) is 0 Å². The lowest BCUT2D eigenvalue weighted by molar-refractivity contribution is 0.145. The van der Waals surface area contributed by atoms with Gasteiger partial charge in [0.15, 0.2) is 0 Å². The van der Waals surface area contributed by atoms with E-state index < -0.39 is 0 Å². The molecule has 1 heterocycles. The first kappa shape index (κ1) is 14.7. The van der Waals surface area contributed by atoms with Gasteiger partial charge in [0, 0.05) is 29.2 Å². The normalized spacial score (nSPS) is 28.3. The summed E-state index contributed by atoms with van der Waals surface area (Å²) in [6, 6.07) is 9.95. The monoisotopic (exact) mass is 278 g/mol. The fraction of sp³-hybridized carbons (Fsp3) is 0.625. The Kier molecular flexibility index (Phi) is 5.17. The Bertz CT molecular complexity index is 407. The molecule has 0 radical (unpaired) electrons. The second-order valence-electron chi connectivity index (χ2n) is 5.68. The van der Waals surface area contributed by atoms with Gasteiger partial charge in [-0.15, -0.1) is 11.8 Å². The molecule has 0 spiro atoms. The molecule has 3 atom stereocenters. The third kappa shape index (κ3) is 3.67. The molecule has 106 valence electrons. The van der Waals surface area contributed by atoms with Crippen molar-refractivity contribution in [1.82, 2.24) is 4.90 Å². The van der Waals surface area contributed by atoms with Crippen molar-refractivity contribution in [2.45, 2.75) is 44.2 Å². The van der Waals surface area contributed by atoms with Crippen LogP contribution in [0.4, 0.5) is 5.69 Å². The fourth-order valence-electron chi connectivity index (χ4n) is 2.81. The van der Waals surface area contributed by atoms with E-state index in [0.29, 0.717) is 18.0 Å². The zero-order valence-corrected chi connectivity index (χ0v) is 13.3. The van der Waals surface area contributed by atoms with Gasteiger partial charge in [0.2, 0.25) is 0 Å². The quantitative estimate of drug-likeness (QED) is 0.840. The Balaban J connectivity index is 2.08. The maximum atomic E-state index is 3.79. The van der Waals surface area contributed by atoms with Crippen LogP contribution in [0.2, 0.25) is 0 Å². The van der Waals surface area contributed by atoms with Gasteiger partial charge in [-0.1, -0.05) is 26.0 Å². The minimum atomic E-state index is 0.588. The van der Waals surface area contributed by atoms with E-state index in [4.69, 9.17) is 0 Å². The summed E-state index contributed by atoms with van der Waals surface area (Å²) in [6.07, 6.45) is 1.22. The second-order valence-corrected chi connectivity index (χ2v) is 6.99. The maximum Gasteiger partial charge on any atom is 0.0480 e. The first-order valence-corrected chi connectivity index (χ1v) is 8.29. The van der Waals surface area contributed by atoms with Crippen LogP contribution in [-0.4, -0.2) is 36.3 Å². The van der Waals surface area contributed by atoms with Crippen molar-refractivity contribution >= 4 is 17.4 Å². The number of benzene rings is 1. The number of hydrogen-bond donors (Lipinski definition) is 1. The minimum absolute atomic E-state index is 0.588. The van der Waals surface area contributed by atoms with Gasteiger partial charge >= 0.3 is 0 Å². The van der Waals surface area contributed by atoms with Crippen LogP contribution in [0, 0.1) is 5.92 Å². The molecule has 1 aliphatic heterocycles. The number of nitrogens with one attached hydrogen (secondary N) is 1. The average molecular weight is 278 g/mol. The number of nitrogens with zero attached hydrogens (tertiary/aromatic N) is 1. The second kappa shape index (κ2) is 6.67. The molecule has 1 aromatic carbocycles. The lowest BCUT2D eigenvalue weighted by Gasteiger charge is -2.40. The van der Waals surface area contributed by atoms with Gasteiger partial charge in [-0.2, -0.15) is 0 Å². The highest BCUT2D eigenvalue weighted by Crippen LogP contribution is 2.30. The molecule has 0 bridgehead atoms. The predicted molar refractivity (Wildman–Crippen MR) is 86.1 cm³/mol. The first-order chi connectivity index (χ1) is 9.11. The molecular formula is C16H26N2S. The highest BCUT2D eigenvalue weighted by Gasteiger charge is 2.28. The van der Waals surface area contributed by atoms with Crippen molar-refractivity contribution in [2.75, 3.05) is 24.7 Å². The van der Waals surface area contributed by atoms with Crippen LogP contribution in [0.15, 0.2) is 29.2 Å². The van der Waals surface area contributed by atoms with Crippen LogP contribution in [0.5, 0.6) is 0 Å². The summed E-state index contributed by atoms with van der Waals surface area (Å²) in [5.74, 6) is 1.82. The zero-order valence-electron chi connectivity index (χ0n) is 12.5. The van der Waals surface area contributed by atoms with Crippen molar-refractivity contribution in [3.63, 3.8) is 0 Å². The molecule has 1 fully saturated rings. The van der Waals surface area contributed by atoms with E-state index in [-0.39, 0.29) is 0 Å². The van der Waals surface area contributed by atoms with E-state index in [0.717, 1.165) is 5.75 Å². The number of rotatable bonds is 4. The van der Waals surface area contributed by atoms with Crippen LogP contribution in [-0.2, 0) is 0 Å². The molecule has 0 saturated carbocycles. The van der Waals surface area contributed by atoms with E-state index in [1.54, 1.807) is 0 Å². The highest BCUT2D eigenvalue weighted by molar-refractivity contribution is 7.99. The average Bonchev–Trinajstić information content (AvgIpc) is 2.38. The van der Waals surface area contributed by atoms with Crippen molar-refractivity contribution in [3.05, 3.63) is 24.3 Å². The summed E-state index contributed by atoms with van der Waals surface area (Å²) in [5.41, 5.74) is 1.31. The molecule has 1 saturated heterocycles. The van der Waals surface area contributed by atoms with Crippen LogP contribution in [0.1, 0.15) is 27.2 Å². The number of anilines is 1. The SMILES string of the molecule is CCSc1ccccc1NC1CC(C)N(C)CC1C. The molecule has 0 aliphatic carbocycles. The van der Waals surface area contributed by atoms with Gasteiger partial charge in [-0.25, -0.2) is 0 Å². The molecule has 1 aromatic rings. The van der Waals surface area contributed by atoms with Gasteiger partial charge in [-0.3, -0.25) is 0 Å². The number of likely N-dealkylation sites (tertiary alicyclic amines) is 1. The molecule has 1 N–H and O–H groups in total. The van der Waals surface area contributed by atoms with E-state index in [1.165, 1.54) is 23.5 Å². The lowest BCUT2D eigenvalue weighted by atomic mass is 9.89. The summed E-state index contributed by atoms with van der Waals surface area (Å²) < 4.78 is 0. The Morgan fingerprint density at radius 1 is 1.32 bits per heavy atom. The number of hydrogen-bond acceptors (Lipinski definition) is 3. The highest BCUT2D eigenvalue weighted by atomic mass is 32.2. The molecule has 3 heteroatoms. The molecule has 3 unspecified atom stereocenters. The molecule has 2 nitrogen and oxygen atoms in total. The summed E-state index contributed by atoms with van der Waals surface area (Å²) in [4.78, 5) is 3.85. The Labute approximate surface area is 122 Å². The van der Waals surface area contributed by atoms with Crippen molar-refractivity contribution in [3.8, 4) is 0 Å². The van der Waals surface area contributed by atoms with Gasteiger partial charge in [0.25, 0.3) is 0 Å². The van der Waals surface area contributed by atoms with Crippen LogP contribution in [0.3, 0.4) is 0 Å². The van der Waals surface area contributed by atoms with Crippen molar-refractivity contribution < 1.29 is 0 Å². The van der Waals surface area contributed by atoms with Crippen molar-refractivity contribution in [1.29, 1.82) is 0 Å². The standard InChI is InChI=1S/C16H26N2S/c1-5-19-16-9-7-6-8-14(16)17-15-10-13(3)18(4)11-12(15)2/h6-9,12-13,15,17H,5,10-11H2,1-4H3. The summed E-state index contributed by atoms with van der Waals surface area (Å²) in [6.45, 7) is 8.08. The van der Waals surface area contributed by atoms with Crippen LogP contribution >= 0.6 is 11.8 Å². The molecule has 19 heavy (non-hydrogen) atoms. The molecule has 0 amide bonds. The third-order valence-electron chi connectivity index (χ3n) is 4.14. The zero-order chi connectivity index (χ0) is 13.8. The molecule has 0 aromatic heterocycles. The number of thioether (sulfide) groups is 1. The predicted octanol–water partition coefficient (Wildman–Crippen LogP) is 3.94. The van der Waals surface area contributed by atoms with Gasteiger partial charge < -0.3 is 10.2 Å². The lowest BCUT2D eigenvalue weighted by Crippen LogP contribution is -2.48. The maximum absolute atomic E-state index is 3.79. The minimum Gasteiger partial charge on any atom is -0.381 e. The Morgan fingerprint density at radius 3 is 2.79 bits per heavy atom. The molecule has 1 aliphatic rings. The van der Waals surface area contributed by atoms with E-state index in [2.05, 4.69) is 62.3 Å². The summed E-state index contributed by atoms with van der Waals surface area (Å²) in [7, 11) is 2.23. The van der Waals surface area contributed by atoms with Crippen LogP contribution in [0.25, 0.3) is 0 Å². The molecular weight excluding hydrogens is 252 g/mol. The van der Waals surface area contributed by atoms with E-state index in [1.807, 2.05) is 11.8 Å². The largest absolute Gasteiger partial charge is 0.381 e. The van der Waals surface area contributed by atoms with Gasteiger partial charge in [-0.05, 0) is 44.2 Å². The topological polar surface area (TPSA) is 15.3 Å². The molecule has 2 rings (SSSR count). The summed E-state index contributed by atoms with van der Waals surface area (Å²) in [5, 5.41) is 3.79. The summed E-state index contributed by atoms with van der Waals surface area (Å²) >= 11 is 1.92. The van der Waals surface area contributed by atoms with Gasteiger partial charge in [0.1, 0.15) is 0 Å². The van der Waals surface area contributed by atoms with Crippen molar-refractivity contribution in [2.24, 2.45) is 5.92 Å². The van der Waals surface area contributed by atoms with Gasteiger partial charge in [0.05, 0.1) is 0 Å². The number of piperidine rings is 1. The number of para-hydroxylation sites is 1. The first-order valence-electron chi connectivity index (χ1n) is 7.30. The fourth-order valence-corrected chi connectivity index (χ4v) is 3.58. The van der Waals surface area contributed by atoms with E-state index >= 15 is 0 Å². The Morgan fingerprint density at radius 2 is 2.05 bits per heavy atom. The van der Waals surface area contributed by atoms with Crippen LogP contribution < -0.4 is 5.32 Å². The third-order valence-corrected chi connectivity index (χ3v) is 5.09. The smallest absolute Gasteiger partial charge is 0.0480 e.